The van der Waals surface area contributed by atoms with Crippen molar-refractivity contribution < 1.29 is 4.79 Å². The quantitative estimate of drug-likeness (QED) is 0.544. The van der Waals surface area contributed by atoms with Crippen molar-refractivity contribution >= 4 is 34.7 Å². The molecule has 0 heterocycles. The molecule has 1 aromatic rings. The molecule has 0 spiro atoms. The zero-order valence-corrected chi connectivity index (χ0v) is 8.14. The van der Waals surface area contributed by atoms with Crippen LogP contribution >= 0.6 is 23.2 Å². The number of hydrogen-bond acceptors (Lipinski definition) is 1. The summed E-state index contributed by atoms with van der Waals surface area (Å²) >= 11 is 11.1. The molecule has 0 atom stereocenters. The van der Waals surface area contributed by atoms with Gasteiger partial charge < -0.3 is 0 Å². The fourth-order valence-electron chi connectivity index (χ4n) is 0.910. The average Bonchev–Trinajstić information content (AvgIpc) is 2.20. The highest BCUT2D eigenvalue weighted by molar-refractivity contribution is 6.43. The van der Waals surface area contributed by atoms with Gasteiger partial charge in [-0.3, -0.25) is 0 Å². The number of benzene rings is 1. The second-order valence-corrected chi connectivity index (χ2v) is 2.90. The van der Waals surface area contributed by atoms with Gasteiger partial charge in [-0.05, 0) is 5.56 Å². The summed E-state index contributed by atoms with van der Waals surface area (Å²) < 4.78 is 0. The number of allylic oxidation sites excluding steroid dienone is 2. The fraction of sp³-hybridized carbons (Fsp3) is 0. The molecular weight excluding hydrogens is 207 g/mol. The van der Waals surface area contributed by atoms with Gasteiger partial charge in [0.15, 0.2) is 0 Å². The van der Waals surface area contributed by atoms with Gasteiger partial charge in [-0.15, -0.1) is 0 Å². The van der Waals surface area contributed by atoms with E-state index in [0.717, 1.165) is 5.56 Å². The van der Waals surface area contributed by atoms with Crippen LogP contribution in [0.25, 0.3) is 5.57 Å². The van der Waals surface area contributed by atoms with E-state index in [1.54, 1.807) is 5.94 Å². The standard InChI is InChI=1S/C10H6Cl2O/c11-6-9(10(12)7-13)8-4-2-1-3-5-8/h1-6H/b9-6-. The molecule has 1 rings (SSSR count). The Balaban J connectivity index is 3.14. The Morgan fingerprint density at radius 1 is 1.31 bits per heavy atom. The van der Waals surface area contributed by atoms with E-state index in [9.17, 15) is 4.79 Å². The highest BCUT2D eigenvalue weighted by Crippen LogP contribution is 2.24. The highest BCUT2D eigenvalue weighted by Gasteiger charge is 2.04. The molecule has 0 bridgehead atoms. The van der Waals surface area contributed by atoms with Gasteiger partial charge in [-0.2, -0.15) is 0 Å². The second kappa shape index (κ2) is 4.88. The molecule has 0 unspecified atom stereocenters. The summed E-state index contributed by atoms with van der Waals surface area (Å²) in [6.07, 6.45) is 0. The Hall–Kier alpha value is -1.01. The van der Waals surface area contributed by atoms with Crippen LogP contribution in [0.4, 0.5) is 0 Å². The van der Waals surface area contributed by atoms with Crippen LogP contribution in [0.1, 0.15) is 5.56 Å². The topological polar surface area (TPSA) is 17.1 Å². The minimum Gasteiger partial charge on any atom is -0.232 e. The lowest BCUT2D eigenvalue weighted by Gasteiger charge is -2.00. The van der Waals surface area contributed by atoms with E-state index in [1.165, 1.54) is 5.54 Å². The Kier molecular flexibility index (Phi) is 3.78. The van der Waals surface area contributed by atoms with Crippen LogP contribution in [-0.4, -0.2) is 5.94 Å². The maximum absolute atomic E-state index is 10.3. The lowest BCUT2D eigenvalue weighted by Crippen LogP contribution is -1.83. The van der Waals surface area contributed by atoms with E-state index in [2.05, 4.69) is 0 Å². The molecule has 0 aliphatic rings. The molecule has 66 valence electrons. The van der Waals surface area contributed by atoms with Crippen molar-refractivity contribution in [3.63, 3.8) is 0 Å². The van der Waals surface area contributed by atoms with Crippen molar-refractivity contribution in [2.24, 2.45) is 0 Å². The van der Waals surface area contributed by atoms with Gasteiger partial charge in [0.05, 0.1) is 0 Å². The van der Waals surface area contributed by atoms with Crippen LogP contribution in [-0.2, 0) is 4.79 Å². The molecule has 0 N–H and O–H groups in total. The lowest BCUT2D eigenvalue weighted by atomic mass is 10.1. The van der Waals surface area contributed by atoms with Crippen LogP contribution in [0.2, 0.25) is 0 Å². The zero-order chi connectivity index (χ0) is 9.68. The maximum atomic E-state index is 10.3. The van der Waals surface area contributed by atoms with Crippen molar-refractivity contribution in [1.82, 2.24) is 0 Å². The largest absolute Gasteiger partial charge is 0.232 e. The van der Waals surface area contributed by atoms with Gasteiger partial charge in [0, 0.05) is 11.1 Å². The van der Waals surface area contributed by atoms with Crippen molar-refractivity contribution in [3.8, 4) is 0 Å². The SMILES string of the molecule is O=C=C(Cl)/C(=C\Cl)c1ccccc1. The van der Waals surface area contributed by atoms with Crippen molar-refractivity contribution in [1.29, 1.82) is 0 Å². The molecule has 1 nitrogen and oxygen atoms in total. The predicted octanol–water partition coefficient (Wildman–Crippen LogP) is 3.22. The van der Waals surface area contributed by atoms with Gasteiger partial charge in [-0.1, -0.05) is 53.5 Å². The summed E-state index contributed by atoms with van der Waals surface area (Å²) in [4.78, 5) is 10.3. The Labute approximate surface area is 86.3 Å². The van der Waals surface area contributed by atoms with Crippen LogP contribution in [0, 0.1) is 0 Å². The maximum Gasteiger partial charge on any atom is 0.145 e. The molecular formula is C10H6Cl2O. The van der Waals surface area contributed by atoms with Gasteiger partial charge in [-0.25, -0.2) is 4.79 Å². The highest BCUT2D eigenvalue weighted by atomic mass is 35.5. The number of hydrogen-bond donors (Lipinski definition) is 0. The van der Waals surface area contributed by atoms with E-state index in [0.29, 0.717) is 5.57 Å². The molecule has 0 aromatic heterocycles. The molecule has 0 amide bonds. The zero-order valence-electron chi connectivity index (χ0n) is 6.63. The number of carbonyl (C=O) groups excluding carboxylic acids is 1. The summed E-state index contributed by atoms with van der Waals surface area (Å²) in [6.45, 7) is 0. The number of rotatable bonds is 2. The monoisotopic (exact) mass is 212 g/mol. The minimum absolute atomic E-state index is 0.0128. The molecule has 0 saturated carbocycles. The first-order chi connectivity index (χ1) is 6.29. The van der Waals surface area contributed by atoms with E-state index >= 15 is 0 Å². The van der Waals surface area contributed by atoms with Crippen LogP contribution < -0.4 is 0 Å². The minimum atomic E-state index is -0.0128. The van der Waals surface area contributed by atoms with E-state index < -0.39 is 0 Å². The van der Waals surface area contributed by atoms with E-state index in [4.69, 9.17) is 23.2 Å². The summed E-state index contributed by atoms with van der Waals surface area (Å²) in [5.74, 6) is 1.59. The van der Waals surface area contributed by atoms with Crippen LogP contribution in [0.3, 0.4) is 0 Å². The first kappa shape index (κ1) is 10.1. The van der Waals surface area contributed by atoms with Crippen molar-refractivity contribution in [3.05, 3.63) is 46.5 Å². The summed E-state index contributed by atoms with van der Waals surface area (Å²) in [5, 5.41) is -0.0128. The van der Waals surface area contributed by atoms with E-state index in [-0.39, 0.29) is 5.03 Å². The third-order valence-corrected chi connectivity index (χ3v) is 2.02. The predicted molar refractivity (Wildman–Crippen MR) is 55.3 cm³/mol. The summed E-state index contributed by atoms with van der Waals surface area (Å²) in [6, 6.07) is 9.17. The van der Waals surface area contributed by atoms with Gasteiger partial charge in [0.2, 0.25) is 0 Å². The molecule has 0 aliphatic carbocycles. The third-order valence-electron chi connectivity index (χ3n) is 1.52. The first-order valence-electron chi connectivity index (χ1n) is 3.56. The van der Waals surface area contributed by atoms with Crippen LogP contribution in [0.15, 0.2) is 40.9 Å². The van der Waals surface area contributed by atoms with Crippen molar-refractivity contribution in [2.45, 2.75) is 0 Å². The molecule has 0 aliphatic heterocycles. The molecule has 3 heteroatoms. The Bertz CT molecular complexity index is 362. The average molecular weight is 213 g/mol. The molecule has 0 saturated heterocycles. The third kappa shape index (κ3) is 2.46. The Morgan fingerprint density at radius 2 is 1.92 bits per heavy atom. The second-order valence-electron chi connectivity index (χ2n) is 2.30. The fourth-order valence-corrected chi connectivity index (χ4v) is 1.36. The smallest absolute Gasteiger partial charge is 0.145 e. The van der Waals surface area contributed by atoms with Gasteiger partial charge in [0.1, 0.15) is 11.0 Å². The van der Waals surface area contributed by atoms with Crippen LogP contribution in [0.5, 0.6) is 0 Å². The van der Waals surface area contributed by atoms with Crippen molar-refractivity contribution in [2.75, 3.05) is 0 Å². The van der Waals surface area contributed by atoms with Gasteiger partial charge >= 0.3 is 0 Å². The first-order valence-corrected chi connectivity index (χ1v) is 4.38. The molecule has 0 fully saturated rings. The molecule has 1 aromatic carbocycles. The molecule has 0 radical (unpaired) electrons. The summed E-state index contributed by atoms with van der Waals surface area (Å²) in [5.41, 5.74) is 2.55. The summed E-state index contributed by atoms with van der Waals surface area (Å²) in [7, 11) is 0. The Morgan fingerprint density at radius 3 is 2.38 bits per heavy atom. The lowest BCUT2D eigenvalue weighted by molar-refractivity contribution is 0.568. The normalized spacial score (nSPS) is 10.8. The molecule has 13 heavy (non-hydrogen) atoms. The van der Waals surface area contributed by atoms with Gasteiger partial charge in [0.25, 0.3) is 0 Å². The van der Waals surface area contributed by atoms with E-state index in [1.807, 2.05) is 30.3 Å². The number of halogens is 2.